The first kappa shape index (κ1) is 11.1. The fourth-order valence-electron chi connectivity index (χ4n) is 2.94. The van der Waals surface area contributed by atoms with Crippen LogP contribution in [-0.2, 0) is 10.2 Å². The van der Waals surface area contributed by atoms with Crippen LogP contribution in [-0.4, -0.2) is 5.78 Å². The standard InChI is InChI=1S/C15H18O/c1-11-9-14(12(2)16)15(3,10-11)13-7-5-4-6-8-13/h4-8,14H,1,9-10H2,2-3H3. The van der Waals surface area contributed by atoms with Gasteiger partial charge in [-0.3, -0.25) is 4.79 Å². The predicted molar refractivity (Wildman–Crippen MR) is 66.3 cm³/mol. The average molecular weight is 214 g/mol. The summed E-state index contributed by atoms with van der Waals surface area (Å²) >= 11 is 0. The Morgan fingerprint density at radius 1 is 1.38 bits per heavy atom. The lowest BCUT2D eigenvalue weighted by molar-refractivity contribution is -0.122. The summed E-state index contributed by atoms with van der Waals surface area (Å²) in [5.41, 5.74) is 2.41. The highest BCUT2D eigenvalue weighted by Crippen LogP contribution is 2.47. The second kappa shape index (κ2) is 3.89. The van der Waals surface area contributed by atoms with Gasteiger partial charge in [-0.1, -0.05) is 49.4 Å². The van der Waals surface area contributed by atoms with Crippen LogP contribution < -0.4 is 0 Å². The van der Waals surface area contributed by atoms with Crippen molar-refractivity contribution in [1.82, 2.24) is 0 Å². The van der Waals surface area contributed by atoms with E-state index in [1.807, 2.05) is 18.2 Å². The van der Waals surface area contributed by atoms with Crippen molar-refractivity contribution in [2.75, 3.05) is 0 Å². The molecule has 0 radical (unpaired) electrons. The zero-order valence-corrected chi connectivity index (χ0v) is 9.99. The first-order valence-electron chi connectivity index (χ1n) is 5.76. The number of carbonyl (C=O) groups is 1. The Morgan fingerprint density at radius 2 is 2.00 bits per heavy atom. The molecule has 0 heterocycles. The van der Waals surface area contributed by atoms with Gasteiger partial charge in [0.1, 0.15) is 5.78 Å². The van der Waals surface area contributed by atoms with Crippen LogP contribution in [0.3, 0.4) is 0 Å². The summed E-state index contributed by atoms with van der Waals surface area (Å²) in [6.45, 7) is 7.94. The third-order valence-electron chi connectivity index (χ3n) is 3.80. The largest absolute Gasteiger partial charge is 0.300 e. The molecule has 1 heteroatoms. The van der Waals surface area contributed by atoms with E-state index in [0.29, 0.717) is 0 Å². The zero-order valence-electron chi connectivity index (χ0n) is 9.99. The van der Waals surface area contributed by atoms with Crippen LogP contribution in [0.5, 0.6) is 0 Å². The Bertz CT molecular complexity index is 418. The van der Waals surface area contributed by atoms with E-state index in [4.69, 9.17) is 0 Å². The second-order valence-corrected chi connectivity index (χ2v) is 5.08. The van der Waals surface area contributed by atoms with Crippen LogP contribution in [0.4, 0.5) is 0 Å². The van der Waals surface area contributed by atoms with Crippen LogP contribution in [0.25, 0.3) is 0 Å². The van der Waals surface area contributed by atoms with Crippen molar-refractivity contribution < 1.29 is 4.79 Å². The second-order valence-electron chi connectivity index (χ2n) is 5.08. The maximum atomic E-state index is 11.7. The summed E-state index contributed by atoms with van der Waals surface area (Å²) in [6, 6.07) is 10.3. The van der Waals surface area contributed by atoms with Crippen molar-refractivity contribution >= 4 is 5.78 Å². The average Bonchev–Trinajstić information content (AvgIpc) is 2.57. The minimum Gasteiger partial charge on any atom is -0.300 e. The topological polar surface area (TPSA) is 17.1 Å². The third-order valence-corrected chi connectivity index (χ3v) is 3.80. The van der Waals surface area contributed by atoms with Gasteiger partial charge < -0.3 is 0 Å². The lowest BCUT2D eigenvalue weighted by Crippen LogP contribution is -2.31. The van der Waals surface area contributed by atoms with E-state index >= 15 is 0 Å². The zero-order chi connectivity index (χ0) is 11.8. The van der Waals surface area contributed by atoms with Crippen molar-refractivity contribution in [2.45, 2.75) is 32.1 Å². The van der Waals surface area contributed by atoms with Gasteiger partial charge in [0.25, 0.3) is 0 Å². The van der Waals surface area contributed by atoms with E-state index in [9.17, 15) is 4.79 Å². The molecule has 2 unspecified atom stereocenters. The van der Waals surface area contributed by atoms with Crippen molar-refractivity contribution in [3.63, 3.8) is 0 Å². The van der Waals surface area contributed by atoms with E-state index in [-0.39, 0.29) is 17.1 Å². The highest BCUT2D eigenvalue weighted by molar-refractivity contribution is 5.81. The molecule has 1 saturated carbocycles. The lowest BCUT2D eigenvalue weighted by atomic mass is 9.72. The van der Waals surface area contributed by atoms with E-state index in [1.54, 1.807) is 6.92 Å². The number of rotatable bonds is 2. The molecule has 84 valence electrons. The fraction of sp³-hybridized carbons (Fsp3) is 0.400. The van der Waals surface area contributed by atoms with Crippen molar-refractivity contribution in [3.8, 4) is 0 Å². The minimum absolute atomic E-state index is 0.0514. The van der Waals surface area contributed by atoms with Crippen molar-refractivity contribution in [3.05, 3.63) is 48.0 Å². The van der Waals surface area contributed by atoms with Gasteiger partial charge in [-0.2, -0.15) is 0 Å². The normalized spacial score (nSPS) is 29.4. The highest BCUT2D eigenvalue weighted by Gasteiger charge is 2.44. The summed E-state index contributed by atoms with van der Waals surface area (Å²) < 4.78 is 0. The molecular formula is C15H18O. The Hall–Kier alpha value is -1.37. The molecule has 0 aliphatic heterocycles. The Balaban J connectivity index is 2.43. The summed E-state index contributed by atoms with van der Waals surface area (Å²) in [6.07, 6.45) is 1.78. The number of hydrogen-bond donors (Lipinski definition) is 0. The molecule has 16 heavy (non-hydrogen) atoms. The molecular weight excluding hydrogens is 196 g/mol. The van der Waals surface area contributed by atoms with Crippen molar-refractivity contribution in [1.29, 1.82) is 0 Å². The van der Waals surface area contributed by atoms with Gasteiger partial charge in [0.2, 0.25) is 0 Å². The number of carbonyl (C=O) groups excluding carboxylic acids is 1. The number of allylic oxidation sites excluding steroid dienone is 1. The monoisotopic (exact) mass is 214 g/mol. The van der Waals surface area contributed by atoms with Crippen molar-refractivity contribution in [2.24, 2.45) is 5.92 Å². The smallest absolute Gasteiger partial charge is 0.134 e. The number of Topliss-reactive ketones (excluding diaryl/α,β-unsaturated/α-hetero) is 1. The molecule has 1 nitrogen and oxygen atoms in total. The molecule has 0 aromatic heterocycles. The summed E-state index contributed by atoms with van der Waals surface area (Å²) in [5.74, 6) is 0.382. The quantitative estimate of drug-likeness (QED) is 0.689. The van der Waals surface area contributed by atoms with Crippen LogP contribution in [0.1, 0.15) is 32.3 Å². The fourth-order valence-corrected chi connectivity index (χ4v) is 2.94. The third kappa shape index (κ3) is 1.71. The molecule has 0 spiro atoms. The maximum Gasteiger partial charge on any atom is 0.134 e. The van der Waals surface area contributed by atoms with E-state index < -0.39 is 0 Å². The molecule has 1 aliphatic carbocycles. The van der Waals surface area contributed by atoms with Gasteiger partial charge in [-0.25, -0.2) is 0 Å². The van der Waals surface area contributed by atoms with E-state index in [0.717, 1.165) is 12.8 Å². The molecule has 1 aromatic rings. The predicted octanol–water partition coefficient (Wildman–Crippen LogP) is 3.50. The maximum absolute atomic E-state index is 11.7. The summed E-state index contributed by atoms with van der Waals surface area (Å²) in [7, 11) is 0. The molecule has 1 fully saturated rings. The first-order chi connectivity index (χ1) is 7.54. The van der Waals surface area contributed by atoms with Crippen LogP contribution in [0.15, 0.2) is 42.5 Å². The first-order valence-corrected chi connectivity index (χ1v) is 5.76. The molecule has 1 aliphatic rings. The molecule has 1 aromatic carbocycles. The van der Waals surface area contributed by atoms with Gasteiger partial charge >= 0.3 is 0 Å². The van der Waals surface area contributed by atoms with Crippen LogP contribution >= 0.6 is 0 Å². The molecule has 0 N–H and O–H groups in total. The number of hydrogen-bond acceptors (Lipinski definition) is 1. The molecule has 0 bridgehead atoms. The molecule has 0 amide bonds. The minimum atomic E-state index is -0.0514. The van der Waals surface area contributed by atoms with Crippen LogP contribution in [0, 0.1) is 5.92 Å². The molecule has 2 rings (SSSR count). The Labute approximate surface area is 97.2 Å². The molecule has 2 atom stereocenters. The van der Waals surface area contributed by atoms with Gasteiger partial charge in [-0.05, 0) is 25.3 Å². The van der Waals surface area contributed by atoms with E-state index in [2.05, 4.69) is 25.6 Å². The van der Waals surface area contributed by atoms with Gasteiger partial charge in [0.05, 0.1) is 0 Å². The Kier molecular flexibility index (Phi) is 2.71. The lowest BCUT2D eigenvalue weighted by Gasteiger charge is -2.30. The SMILES string of the molecule is C=C1CC(C(C)=O)C(C)(c2ccccc2)C1. The van der Waals surface area contributed by atoms with Crippen LogP contribution in [0.2, 0.25) is 0 Å². The number of benzene rings is 1. The summed E-state index contributed by atoms with van der Waals surface area (Å²) in [5, 5.41) is 0. The number of ketones is 1. The Morgan fingerprint density at radius 3 is 2.56 bits per heavy atom. The van der Waals surface area contributed by atoms with Gasteiger partial charge in [0, 0.05) is 11.3 Å². The highest BCUT2D eigenvalue weighted by atomic mass is 16.1. The van der Waals surface area contributed by atoms with Gasteiger partial charge in [-0.15, -0.1) is 0 Å². The molecule has 0 saturated heterocycles. The van der Waals surface area contributed by atoms with Gasteiger partial charge in [0.15, 0.2) is 0 Å². The summed E-state index contributed by atoms with van der Waals surface area (Å²) in [4.78, 5) is 11.7. The van der Waals surface area contributed by atoms with E-state index in [1.165, 1.54) is 11.1 Å².